The highest BCUT2D eigenvalue weighted by atomic mass is 16.5. The number of ether oxygens (including phenoxy) is 1. The van der Waals surface area contributed by atoms with Gasteiger partial charge in [-0.15, -0.1) is 0 Å². The van der Waals surface area contributed by atoms with Crippen LogP contribution in [0.2, 0.25) is 0 Å². The van der Waals surface area contributed by atoms with Crippen molar-refractivity contribution in [3.63, 3.8) is 0 Å². The number of rotatable bonds is 5. The van der Waals surface area contributed by atoms with Crippen LogP contribution in [-0.4, -0.2) is 22.3 Å². The Morgan fingerprint density at radius 1 is 1.10 bits per heavy atom. The Labute approximate surface area is 122 Å². The number of aliphatic hydroxyl groups excluding tert-OH is 1. The average molecular weight is 284 g/mol. The van der Waals surface area contributed by atoms with Gasteiger partial charge in [-0.05, 0) is 23.8 Å². The second-order valence-electron chi connectivity index (χ2n) is 4.57. The predicted octanol–water partition coefficient (Wildman–Crippen LogP) is 2.67. The molecule has 0 amide bonds. The molecular formula is C17H16O4. The number of aliphatic hydroxyl groups is 1. The summed E-state index contributed by atoms with van der Waals surface area (Å²) in [4.78, 5) is 11.8. The van der Waals surface area contributed by atoms with Gasteiger partial charge in [-0.2, -0.15) is 0 Å². The van der Waals surface area contributed by atoms with Crippen LogP contribution in [0.1, 0.15) is 15.9 Å². The van der Waals surface area contributed by atoms with Gasteiger partial charge in [0.2, 0.25) is 0 Å². The Morgan fingerprint density at radius 3 is 2.38 bits per heavy atom. The molecule has 0 heterocycles. The second kappa shape index (κ2) is 6.72. The summed E-state index contributed by atoms with van der Waals surface area (Å²) < 4.78 is 5.05. The Morgan fingerprint density at radius 2 is 1.71 bits per heavy atom. The van der Waals surface area contributed by atoms with Gasteiger partial charge in [0.05, 0.1) is 5.56 Å². The number of carbonyl (C=O) groups excluding carboxylic acids is 1. The summed E-state index contributed by atoms with van der Waals surface area (Å²) in [5, 5.41) is 19.7. The molecule has 0 spiro atoms. The molecule has 1 atom stereocenters. The van der Waals surface area contributed by atoms with Crippen molar-refractivity contribution < 1.29 is 19.7 Å². The third-order valence-electron chi connectivity index (χ3n) is 3.01. The molecule has 4 nitrogen and oxygen atoms in total. The van der Waals surface area contributed by atoms with E-state index in [0.29, 0.717) is 11.1 Å². The Balaban J connectivity index is 1.97. The van der Waals surface area contributed by atoms with Crippen molar-refractivity contribution in [3.05, 3.63) is 78.1 Å². The third-order valence-corrected chi connectivity index (χ3v) is 3.01. The molecule has 2 N–H and O–H groups in total. The molecule has 0 fully saturated rings. The van der Waals surface area contributed by atoms with Gasteiger partial charge < -0.3 is 14.9 Å². The number of para-hydroxylation sites is 1. The van der Waals surface area contributed by atoms with Gasteiger partial charge in [-0.25, -0.2) is 4.79 Å². The molecule has 0 saturated carbocycles. The summed E-state index contributed by atoms with van der Waals surface area (Å²) in [7, 11) is 0. The standard InChI is InChI=1S/C17H16O4/c1-12(21-17(20)13-7-3-2-4-8-13)16(19)11-14-9-5-6-10-15(14)18/h2-10,16,18-19H,1,11H2. The van der Waals surface area contributed by atoms with Crippen LogP contribution in [-0.2, 0) is 11.2 Å². The Kier molecular flexibility index (Phi) is 4.74. The van der Waals surface area contributed by atoms with Crippen LogP contribution in [0.25, 0.3) is 0 Å². The van der Waals surface area contributed by atoms with E-state index >= 15 is 0 Å². The fraction of sp³-hybridized carbons (Fsp3) is 0.118. The molecule has 0 aromatic heterocycles. The zero-order valence-corrected chi connectivity index (χ0v) is 11.4. The van der Waals surface area contributed by atoms with Crippen LogP contribution in [0.5, 0.6) is 5.75 Å². The molecule has 2 rings (SSSR count). The second-order valence-corrected chi connectivity index (χ2v) is 4.57. The normalized spacial score (nSPS) is 11.7. The van der Waals surface area contributed by atoms with Crippen molar-refractivity contribution in [3.8, 4) is 5.75 Å². The first-order valence-electron chi connectivity index (χ1n) is 6.49. The minimum atomic E-state index is -1.08. The van der Waals surface area contributed by atoms with Crippen LogP contribution in [0.15, 0.2) is 66.9 Å². The number of phenols is 1. The van der Waals surface area contributed by atoms with E-state index in [-0.39, 0.29) is 17.9 Å². The highest BCUT2D eigenvalue weighted by molar-refractivity contribution is 5.90. The summed E-state index contributed by atoms with van der Waals surface area (Å²) in [6.45, 7) is 3.57. The highest BCUT2D eigenvalue weighted by Crippen LogP contribution is 2.20. The summed E-state index contributed by atoms with van der Waals surface area (Å²) in [6, 6.07) is 15.1. The van der Waals surface area contributed by atoms with Crippen LogP contribution >= 0.6 is 0 Å². The molecular weight excluding hydrogens is 268 g/mol. The predicted molar refractivity (Wildman–Crippen MR) is 78.8 cm³/mol. The molecule has 2 aromatic carbocycles. The van der Waals surface area contributed by atoms with Crippen molar-refractivity contribution in [2.45, 2.75) is 12.5 Å². The van der Waals surface area contributed by atoms with E-state index in [1.807, 2.05) is 0 Å². The minimum Gasteiger partial charge on any atom is -0.508 e. The first-order chi connectivity index (χ1) is 10.1. The van der Waals surface area contributed by atoms with Gasteiger partial charge in [-0.3, -0.25) is 0 Å². The molecule has 0 aliphatic heterocycles. The molecule has 0 saturated heterocycles. The number of carbonyl (C=O) groups is 1. The van der Waals surface area contributed by atoms with Gasteiger partial charge in [0, 0.05) is 6.42 Å². The zero-order chi connectivity index (χ0) is 15.2. The molecule has 1 unspecified atom stereocenters. The van der Waals surface area contributed by atoms with Crippen molar-refractivity contribution in [2.75, 3.05) is 0 Å². The van der Waals surface area contributed by atoms with E-state index < -0.39 is 12.1 Å². The van der Waals surface area contributed by atoms with Gasteiger partial charge in [-0.1, -0.05) is 43.0 Å². The minimum absolute atomic E-state index is 0.0490. The van der Waals surface area contributed by atoms with E-state index in [9.17, 15) is 15.0 Å². The number of hydrogen-bond donors (Lipinski definition) is 2. The van der Waals surface area contributed by atoms with Gasteiger partial charge >= 0.3 is 5.97 Å². The Bertz CT molecular complexity index is 634. The smallest absolute Gasteiger partial charge is 0.343 e. The van der Waals surface area contributed by atoms with Crippen molar-refractivity contribution in [2.24, 2.45) is 0 Å². The summed E-state index contributed by atoms with van der Waals surface area (Å²) in [5.41, 5.74) is 0.940. The fourth-order valence-corrected chi connectivity index (χ4v) is 1.83. The lowest BCUT2D eigenvalue weighted by Gasteiger charge is -2.14. The number of hydrogen-bond acceptors (Lipinski definition) is 4. The molecule has 108 valence electrons. The lowest BCUT2D eigenvalue weighted by molar-refractivity contribution is 0.0505. The fourth-order valence-electron chi connectivity index (χ4n) is 1.83. The Hall–Kier alpha value is -2.59. The summed E-state index contributed by atoms with van der Waals surface area (Å²) in [5.74, 6) is -0.539. The van der Waals surface area contributed by atoms with E-state index in [1.54, 1.807) is 48.5 Å². The monoisotopic (exact) mass is 284 g/mol. The van der Waals surface area contributed by atoms with Crippen LogP contribution in [0, 0.1) is 0 Å². The van der Waals surface area contributed by atoms with Crippen LogP contribution in [0.4, 0.5) is 0 Å². The number of benzene rings is 2. The van der Waals surface area contributed by atoms with Crippen LogP contribution < -0.4 is 0 Å². The summed E-state index contributed by atoms with van der Waals surface area (Å²) >= 11 is 0. The molecule has 21 heavy (non-hydrogen) atoms. The zero-order valence-electron chi connectivity index (χ0n) is 11.4. The number of phenolic OH excluding ortho intramolecular Hbond substituents is 1. The summed E-state index contributed by atoms with van der Waals surface area (Å²) in [6.07, 6.45) is -0.959. The van der Waals surface area contributed by atoms with Crippen molar-refractivity contribution >= 4 is 5.97 Å². The van der Waals surface area contributed by atoms with Gasteiger partial charge in [0.1, 0.15) is 17.6 Å². The SMILES string of the molecule is C=C(OC(=O)c1ccccc1)C(O)Cc1ccccc1O. The van der Waals surface area contributed by atoms with E-state index in [1.165, 1.54) is 6.07 Å². The maximum absolute atomic E-state index is 11.8. The quantitative estimate of drug-likeness (QED) is 0.654. The van der Waals surface area contributed by atoms with Crippen LogP contribution in [0.3, 0.4) is 0 Å². The maximum atomic E-state index is 11.8. The lowest BCUT2D eigenvalue weighted by atomic mass is 10.1. The van der Waals surface area contributed by atoms with E-state index in [4.69, 9.17) is 4.74 Å². The largest absolute Gasteiger partial charge is 0.508 e. The van der Waals surface area contributed by atoms with Gasteiger partial charge in [0.15, 0.2) is 0 Å². The molecule has 4 heteroatoms. The number of aromatic hydroxyl groups is 1. The topological polar surface area (TPSA) is 66.8 Å². The third kappa shape index (κ3) is 3.94. The van der Waals surface area contributed by atoms with E-state index in [0.717, 1.165) is 0 Å². The average Bonchev–Trinajstić information content (AvgIpc) is 2.50. The first-order valence-corrected chi connectivity index (χ1v) is 6.49. The van der Waals surface area contributed by atoms with E-state index in [2.05, 4.69) is 6.58 Å². The lowest BCUT2D eigenvalue weighted by Crippen LogP contribution is -2.18. The van der Waals surface area contributed by atoms with Crippen molar-refractivity contribution in [1.29, 1.82) is 0 Å². The van der Waals surface area contributed by atoms with Gasteiger partial charge in [0.25, 0.3) is 0 Å². The number of esters is 1. The molecule has 0 aliphatic carbocycles. The molecule has 2 aromatic rings. The molecule has 0 radical (unpaired) electrons. The molecule has 0 bridgehead atoms. The molecule has 0 aliphatic rings. The highest BCUT2D eigenvalue weighted by Gasteiger charge is 2.17. The maximum Gasteiger partial charge on any atom is 0.343 e. The van der Waals surface area contributed by atoms with Crippen molar-refractivity contribution in [1.82, 2.24) is 0 Å². The first kappa shape index (κ1) is 14.8.